The van der Waals surface area contributed by atoms with E-state index < -0.39 is 11.4 Å². The quantitative estimate of drug-likeness (QED) is 0.925. The van der Waals surface area contributed by atoms with Crippen molar-refractivity contribution in [1.82, 2.24) is 4.98 Å². The Kier molecular flexibility index (Phi) is 4.02. The van der Waals surface area contributed by atoms with Crippen molar-refractivity contribution in [2.45, 2.75) is 33.3 Å². The molecule has 0 atom stereocenters. The molecule has 2 N–H and O–H groups in total. The van der Waals surface area contributed by atoms with E-state index in [2.05, 4.69) is 4.98 Å². The largest absolute Gasteiger partial charge is 0.470 e. The van der Waals surface area contributed by atoms with Crippen LogP contribution in [0.1, 0.15) is 26.3 Å². The van der Waals surface area contributed by atoms with Crippen LogP contribution in [0, 0.1) is 12.7 Å². The average molecular weight is 290 g/mol. The molecule has 2 rings (SSSR count). The number of halogens is 1. The number of anilines is 1. The Labute approximate surface area is 123 Å². The fourth-order valence-corrected chi connectivity index (χ4v) is 1.66. The van der Waals surface area contributed by atoms with Crippen LogP contribution in [0.4, 0.5) is 10.1 Å². The van der Waals surface area contributed by atoms with Crippen molar-refractivity contribution < 1.29 is 13.9 Å². The maximum absolute atomic E-state index is 13.7. The number of benzene rings is 1. The van der Waals surface area contributed by atoms with Crippen molar-refractivity contribution >= 4 is 5.69 Å². The van der Waals surface area contributed by atoms with Crippen LogP contribution in [0.2, 0.25) is 0 Å². The van der Waals surface area contributed by atoms with Gasteiger partial charge in [-0.05, 0) is 51.5 Å². The van der Waals surface area contributed by atoms with Crippen molar-refractivity contribution in [1.29, 1.82) is 0 Å². The second kappa shape index (κ2) is 5.60. The van der Waals surface area contributed by atoms with Gasteiger partial charge in [0.25, 0.3) is 0 Å². The highest BCUT2D eigenvalue weighted by atomic mass is 19.1. The molecular formula is C16H19FN2O2. The van der Waals surface area contributed by atoms with Crippen molar-refractivity contribution in [2.75, 3.05) is 5.73 Å². The Bertz CT molecular complexity index is 651. The van der Waals surface area contributed by atoms with Gasteiger partial charge in [-0.1, -0.05) is 6.07 Å². The maximum Gasteiger partial charge on any atom is 0.241 e. The number of hydrogen-bond acceptors (Lipinski definition) is 4. The standard InChI is InChI=1S/C16H19FN2O2/c1-10-5-6-11(17)13(9-10)20-14-8-7-12(18)15(19-14)21-16(2,3)4/h5-9H,18H2,1-4H3. The van der Waals surface area contributed by atoms with Gasteiger partial charge in [0, 0.05) is 6.07 Å². The summed E-state index contributed by atoms with van der Waals surface area (Å²) in [6.45, 7) is 7.53. The summed E-state index contributed by atoms with van der Waals surface area (Å²) in [6, 6.07) is 7.84. The predicted octanol–water partition coefficient (Wildman–Crippen LogP) is 4.08. The molecule has 1 heterocycles. The van der Waals surface area contributed by atoms with Gasteiger partial charge in [-0.25, -0.2) is 4.39 Å². The molecule has 0 fully saturated rings. The first kappa shape index (κ1) is 15.1. The van der Waals surface area contributed by atoms with Crippen LogP contribution in [0.5, 0.6) is 17.5 Å². The van der Waals surface area contributed by atoms with Crippen molar-refractivity contribution in [3.8, 4) is 17.5 Å². The van der Waals surface area contributed by atoms with Crippen molar-refractivity contribution in [3.05, 3.63) is 41.7 Å². The third-order valence-electron chi connectivity index (χ3n) is 2.57. The number of ether oxygens (including phenoxy) is 2. The number of aromatic nitrogens is 1. The molecule has 21 heavy (non-hydrogen) atoms. The fourth-order valence-electron chi connectivity index (χ4n) is 1.66. The molecule has 1 aromatic carbocycles. The highest BCUT2D eigenvalue weighted by Crippen LogP contribution is 2.29. The summed E-state index contributed by atoms with van der Waals surface area (Å²) in [7, 11) is 0. The molecule has 0 aliphatic carbocycles. The van der Waals surface area contributed by atoms with E-state index >= 15 is 0 Å². The van der Waals surface area contributed by atoms with E-state index in [9.17, 15) is 4.39 Å². The van der Waals surface area contributed by atoms with Gasteiger partial charge in [0.15, 0.2) is 11.6 Å². The van der Waals surface area contributed by atoms with Crippen LogP contribution >= 0.6 is 0 Å². The minimum Gasteiger partial charge on any atom is -0.470 e. The monoisotopic (exact) mass is 290 g/mol. The van der Waals surface area contributed by atoms with Gasteiger partial charge in [0.1, 0.15) is 5.60 Å². The van der Waals surface area contributed by atoms with Gasteiger partial charge in [-0.3, -0.25) is 0 Å². The average Bonchev–Trinajstić information content (AvgIpc) is 2.36. The molecule has 4 nitrogen and oxygen atoms in total. The van der Waals surface area contributed by atoms with E-state index in [0.717, 1.165) is 5.56 Å². The number of nitrogens with zero attached hydrogens (tertiary/aromatic N) is 1. The van der Waals surface area contributed by atoms with E-state index in [4.69, 9.17) is 15.2 Å². The van der Waals surface area contributed by atoms with E-state index in [0.29, 0.717) is 5.69 Å². The molecule has 5 heteroatoms. The predicted molar refractivity (Wildman–Crippen MR) is 80.2 cm³/mol. The first-order valence-corrected chi connectivity index (χ1v) is 6.64. The van der Waals surface area contributed by atoms with E-state index in [1.807, 2.05) is 27.7 Å². The first-order valence-electron chi connectivity index (χ1n) is 6.64. The van der Waals surface area contributed by atoms with Crippen LogP contribution in [-0.4, -0.2) is 10.6 Å². The molecule has 0 saturated heterocycles. The second-order valence-electron chi connectivity index (χ2n) is 5.79. The van der Waals surface area contributed by atoms with Crippen LogP contribution < -0.4 is 15.2 Å². The Morgan fingerprint density at radius 1 is 1.14 bits per heavy atom. The third-order valence-corrected chi connectivity index (χ3v) is 2.57. The molecule has 0 saturated carbocycles. The number of pyridine rings is 1. The highest BCUT2D eigenvalue weighted by Gasteiger charge is 2.16. The minimum atomic E-state index is -0.447. The van der Waals surface area contributed by atoms with E-state index in [-0.39, 0.29) is 17.5 Å². The van der Waals surface area contributed by atoms with Gasteiger partial charge < -0.3 is 15.2 Å². The van der Waals surface area contributed by atoms with Gasteiger partial charge in [-0.2, -0.15) is 4.98 Å². The molecule has 0 amide bonds. The van der Waals surface area contributed by atoms with Gasteiger partial charge in [0.05, 0.1) is 5.69 Å². The number of aryl methyl sites for hydroxylation is 1. The number of nitrogens with two attached hydrogens (primary N) is 1. The summed E-state index contributed by atoms with van der Waals surface area (Å²) in [6.07, 6.45) is 0. The normalized spacial score (nSPS) is 11.3. The van der Waals surface area contributed by atoms with Gasteiger partial charge >= 0.3 is 0 Å². The fraction of sp³-hybridized carbons (Fsp3) is 0.312. The third kappa shape index (κ3) is 4.08. The molecule has 0 spiro atoms. The molecule has 112 valence electrons. The zero-order valence-corrected chi connectivity index (χ0v) is 12.6. The highest BCUT2D eigenvalue weighted by molar-refractivity contribution is 5.50. The van der Waals surface area contributed by atoms with Crippen LogP contribution in [0.25, 0.3) is 0 Å². The number of nitrogen functional groups attached to an aromatic ring is 1. The lowest BCUT2D eigenvalue weighted by molar-refractivity contribution is 0.124. The van der Waals surface area contributed by atoms with E-state index in [1.165, 1.54) is 6.07 Å². The Balaban J connectivity index is 2.29. The Hall–Kier alpha value is -2.30. The van der Waals surface area contributed by atoms with Gasteiger partial charge in [0.2, 0.25) is 11.8 Å². The van der Waals surface area contributed by atoms with Crippen LogP contribution in [0.3, 0.4) is 0 Å². The lowest BCUT2D eigenvalue weighted by Crippen LogP contribution is -2.24. The molecule has 0 radical (unpaired) electrons. The molecule has 2 aromatic rings. The summed E-state index contributed by atoms with van der Waals surface area (Å²) in [5.41, 5.74) is 6.69. The first-order chi connectivity index (χ1) is 9.74. The molecular weight excluding hydrogens is 271 g/mol. The summed E-state index contributed by atoms with van der Waals surface area (Å²) < 4.78 is 24.8. The summed E-state index contributed by atoms with van der Waals surface area (Å²) in [5.74, 6) is 0.174. The zero-order valence-electron chi connectivity index (χ0n) is 12.6. The molecule has 0 aliphatic heterocycles. The van der Waals surface area contributed by atoms with Crippen molar-refractivity contribution in [2.24, 2.45) is 0 Å². The molecule has 0 bridgehead atoms. The lowest BCUT2D eigenvalue weighted by atomic mass is 10.2. The summed E-state index contributed by atoms with van der Waals surface area (Å²) in [4.78, 5) is 4.19. The van der Waals surface area contributed by atoms with Crippen LogP contribution in [0.15, 0.2) is 30.3 Å². The van der Waals surface area contributed by atoms with Crippen LogP contribution in [-0.2, 0) is 0 Å². The van der Waals surface area contributed by atoms with Gasteiger partial charge in [-0.15, -0.1) is 0 Å². The number of hydrogen-bond donors (Lipinski definition) is 1. The smallest absolute Gasteiger partial charge is 0.241 e. The van der Waals surface area contributed by atoms with Crippen molar-refractivity contribution in [3.63, 3.8) is 0 Å². The summed E-state index contributed by atoms with van der Waals surface area (Å²) in [5, 5.41) is 0. The topological polar surface area (TPSA) is 57.4 Å². The zero-order chi connectivity index (χ0) is 15.6. The molecule has 0 unspecified atom stereocenters. The Morgan fingerprint density at radius 2 is 1.86 bits per heavy atom. The Morgan fingerprint density at radius 3 is 2.52 bits per heavy atom. The second-order valence-corrected chi connectivity index (χ2v) is 5.79. The number of rotatable bonds is 3. The summed E-state index contributed by atoms with van der Waals surface area (Å²) >= 11 is 0. The molecule has 0 aliphatic rings. The lowest BCUT2D eigenvalue weighted by Gasteiger charge is -2.21. The minimum absolute atomic E-state index is 0.119. The SMILES string of the molecule is Cc1ccc(F)c(Oc2ccc(N)c(OC(C)(C)C)n2)c1. The molecule has 1 aromatic heterocycles. The van der Waals surface area contributed by atoms with E-state index in [1.54, 1.807) is 24.3 Å². The maximum atomic E-state index is 13.7.